The van der Waals surface area contributed by atoms with Gasteiger partial charge in [-0.2, -0.15) is 0 Å². The maximum Gasteiger partial charge on any atom is 0.0815 e. The van der Waals surface area contributed by atoms with Crippen LogP contribution in [0.1, 0.15) is 58.8 Å². The van der Waals surface area contributed by atoms with Crippen molar-refractivity contribution < 1.29 is 0 Å². The van der Waals surface area contributed by atoms with Gasteiger partial charge in [-0.05, 0) is 39.0 Å². The van der Waals surface area contributed by atoms with Crippen molar-refractivity contribution >= 4 is 25.1 Å². The summed E-state index contributed by atoms with van der Waals surface area (Å²) in [5.74, 6) is 1.92. The summed E-state index contributed by atoms with van der Waals surface area (Å²) in [6, 6.07) is 0.563. The van der Waals surface area contributed by atoms with Crippen molar-refractivity contribution in [3.05, 3.63) is 0 Å². The van der Waals surface area contributed by atoms with Gasteiger partial charge < -0.3 is 4.90 Å². The molecule has 3 unspecified atom stereocenters. The van der Waals surface area contributed by atoms with Gasteiger partial charge in [-0.1, -0.05) is 43.7 Å². The molecule has 3 atom stereocenters. The third-order valence-corrected chi connectivity index (χ3v) is 5.31. The first kappa shape index (κ1) is 14.4. The molecule has 1 saturated carbocycles. The van der Waals surface area contributed by atoms with Crippen molar-refractivity contribution in [2.45, 2.75) is 70.7 Å². The number of fused-ring (bicyclic) bond motifs is 1. The second kappa shape index (κ2) is 6.41. The molecule has 2 radical (unpaired) electrons. The molecule has 0 aromatic rings. The molecule has 18 heavy (non-hydrogen) atoms. The molecule has 2 aliphatic rings. The normalized spacial score (nSPS) is 34.7. The van der Waals surface area contributed by atoms with Crippen LogP contribution >= 0.6 is 12.2 Å². The van der Waals surface area contributed by atoms with E-state index in [1.54, 1.807) is 0 Å². The van der Waals surface area contributed by atoms with Crippen LogP contribution in [0.4, 0.5) is 0 Å². The summed E-state index contributed by atoms with van der Waals surface area (Å²) in [6.07, 6.45) is 8.89. The molecule has 0 spiro atoms. The Morgan fingerprint density at radius 3 is 2.44 bits per heavy atom. The molecule has 1 saturated heterocycles. The number of piperidine rings is 1. The van der Waals surface area contributed by atoms with E-state index in [0.717, 1.165) is 5.92 Å². The van der Waals surface area contributed by atoms with E-state index < -0.39 is 0 Å². The summed E-state index contributed by atoms with van der Waals surface area (Å²) >= 11 is 5.77. The molecule has 100 valence electrons. The topological polar surface area (TPSA) is 3.24 Å². The van der Waals surface area contributed by atoms with Crippen molar-refractivity contribution in [3.63, 3.8) is 0 Å². The molecule has 2 rings (SSSR count). The van der Waals surface area contributed by atoms with Gasteiger partial charge in [-0.15, -0.1) is 0 Å². The van der Waals surface area contributed by atoms with Crippen molar-refractivity contribution in [3.8, 4) is 0 Å². The molecule has 0 N–H and O–H groups in total. The molecule has 3 heteroatoms. The Labute approximate surface area is 119 Å². The third kappa shape index (κ3) is 3.29. The van der Waals surface area contributed by atoms with Crippen LogP contribution in [0.15, 0.2) is 0 Å². The predicted octanol–water partition coefficient (Wildman–Crippen LogP) is 3.97. The van der Waals surface area contributed by atoms with E-state index in [9.17, 15) is 0 Å². The monoisotopic (exact) mass is 263 g/mol. The second-order valence-electron chi connectivity index (χ2n) is 6.40. The van der Waals surface area contributed by atoms with Crippen molar-refractivity contribution in [1.29, 1.82) is 0 Å². The molecular weight excluding hydrogens is 237 g/mol. The maximum atomic E-state index is 6.13. The fourth-order valence-electron chi connectivity index (χ4n) is 3.63. The Hall–Kier alpha value is -0.0451. The Bertz CT molecular complexity index is 292. The van der Waals surface area contributed by atoms with Gasteiger partial charge in [0.2, 0.25) is 0 Å². The summed E-state index contributed by atoms with van der Waals surface area (Å²) in [7, 11) is 6.13. The van der Waals surface area contributed by atoms with Gasteiger partial charge in [0, 0.05) is 18.5 Å². The highest BCUT2D eigenvalue weighted by atomic mass is 32.1. The molecule has 0 bridgehead atoms. The molecule has 1 nitrogen and oxygen atoms in total. The lowest BCUT2D eigenvalue weighted by Crippen LogP contribution is -2.47. The summed E-state index contributed by atoms with van der Waals surface area (Å²) in [5, 5.41) is 0. The van der Waals surface area contributed by atoms with E-state index >= 15 is 0 Å². The second-order valence-corrected chi connectivity index (χ2v) is 6.82. The molecule has 2 fully saturated rings. The minimum Gasteiger partial charge on any atom is -0.363 e. The van der Waals surface area contributed by atoms with Crippen LogP contribution in [-0.2, 0) is 0 Å². The average molecular weight is 263 g/mol. The highest BCUT2D eigenvalue weighted by molar-refractivity contribution is 7.80. The Morgan fingerprint density at radius 1 is 1.11 bits per heavy atom. The largest absolute Gasteiger partial charge is 0.363 e. The number of nitrogens with zero attached hydrogens (tertiary/aromatic N) is 1. The van der Waals surface area contributed by atoms with Gasteiger partial charge in [-0.3, -0.25) is 0 Å². The molecule has 1 aliphatic heterocycles. The van der Waals surface area contributed by atoms with Crippen molar-refractivity contribution in [1.82, 2.24) is 4.90 Å². The molecule has 0 aromatic heterocycles. The smallest absolute Gasteiger partial charge is 0.0815 e. The van der Waals surface area contributed by atoms with Gasteiger partial charge in [0.1, 0.15) is 0 Å². The quantitative estimate of drug-likeness (QED) is 0.520. The maximum absolute atomic E-state index is 6.13. The van der Waals surface area contributed by atoms with E-state index in [2.05, 4.69) is 18.7 Å². The van der Waals surface area contributed by atoms with Gasteiger partial charge in [0.15, 0.2) is 0 Å². The number of thiocarbonyl (C=S) groups is 1. The van der Waals surface area contributed by atoms with Gasteiger partial charge in [-0.25, -0.2) is 0 Å². The van der Waals surface area contributed by atoms with Gasteiger partial charge in [0.05, 0.1) is 12.8 Å². The number of likely N-dealkylation sites (tertiary alicyclic amines) is 1. The average Bonchev–Trinajstić information content (AvgIpc) is 2.40. The fraction of sp³-hybridized carbons (Fsp3) is 0.933. The summed E-state index contributed by atoms with van der Waals surface area (Å²) < 4.78 is 0. The van der Waals surface area contributed by atoms with E-state index in [-0.39, 0.29) is 0 Å². The summed E-state index contributed by atoms with van der Waals surface area (Å²) in [6.45, 7) is 5.69. The minimum absolute atomic E-state index is 0.430. The lowest BCUT2D eigenvalue weighted by Gasteiger charge is -2.42. The molecule has 1 heterocycles. The van der Waals surface area contributed by atoms with Crippen LogP contribution in [0.5, 0.6) is 0 Å². The Balaban J connectivity index is 2.04. The Kier molecular flexibility index (Phi) is 5.11. The molecule has 1 aliphatic carbocycles. The molecular formula is C15H26BNS. The lowest BCUT2D eigenvalue weighted by molar-refractivity contribution is 0.215. The Morgan fingerprint density at radius 2 is 1.78 bits per heavy atom. The van der Waals surface area contributed by atoms with Crippen LogP contribution in [0.2, 0.25) is 5.82 Å². The highest BCUT2D eigenvalue weighted by Gasteiger charge is 2.34. The van der Waals surface area contributed by atoms with E-state index in [1.807, 2.05) is 0 Å². The lowest BCUT2D eigenvalue weighted by atomic mass is 9.79. The number of rotatable bonds is 1. The van der Waals surface area contributed by atoms with Crippen LogP contribution in [0.3, 0.4) is 0 Å². The first-order chi connectivity index (χ1) is 8.59. The van der Waals surface area contributed by atoms with Crippen molar-refractivity contribution in [2.75, 3.05) is 6.54 Å². The minimum atomic E-state index is 0.430. The van der Waals surface area contributed by atoms with Crippen molar-refractivity contribution in [2.24, 2.45) is 11.8 Å². The van der Waals surface area contributed by atoms with E-state index in [1.165, 1.54) is 56.5 Å². The van der Waals surface area contributed by atoms with Gasteiger partial charge in [0.25, 0.3) is 0 Å². The zero-order valence-corrected chi connectivity index (χ0v) is 12.7. The first-order valence-electron chi connectivity index (χ1n) is 7.65. The third-order valence-electron chi connectivity index (χ3n) is 4.77. The predicted molar refractivity (Wildman–Crippen MR) is 83.2 cm³/mol. The summed E-state index contributed by atoms with van der Waals surface area (Å²) in [4.78, 5) is 3.70. The van der Waals surface area contributed by atoms with E-state index in [4.69, 9.17) is 20.1 Å². The zero-order chi connectivity index (χ0) is 13.1. The van der Waals surface area contributed by atoms with Crippen LogP contribution in [0, 0.1) is 11.8 Å². The summed E-state index contributed by atoms with van der Waals surface area (Å²) in [5.41, 5.74) is 0. The molecule has 0 amide bonds. The first-order valence-corrected chi connectivity index (χ1v) is 8.06. The number of hydrogen-bond donors (Lipinski definition) is 0. The van der Waals surface area contributed by atoms with Crippen LogP contribution in [0.25, 0.3) is 0 Å². The van der Waals surface area contributed by atoms with Crippen LogP contribution < -0.4 is 0 Å². The number of hydrogen-bond acceptors (Lipinski definition) is 1. The molecule has 0 aromatic carbocycles. The highest BCUT2D eigenvalue weighted by Crippen LogP contribution is 2.37. The zero-order valence-electron chi connectivity index (χ0n) is 11.9. The standard InChI is InChI=1S/C15H26BNS/c1-11(2)17-10-9-12-5-3-6-13(16)7-4-8-14(12)15(17)18/h11-14H,3-10H2,1-2H3. The fourth-order valence-corrected chi connectivity index (χ4v) is 4.25. The van der Waals surface area contributed by atoms with E-state index in [0.29, 0.717) is 17.8 Å². The van der Waals surface area contributed by atoms with Crippen LogP contribution in [-0.4, -0.2) is 30.3 Å². The SMILES string of the molecule is [B]C1CCCC2CCN(C(C)C)C(=S)C2CCC1. The van der Waals surface area contributed by atoms with Gasteiger partial charge >= 0.3 is 0 Å².